The summed E-state index contributed by atoms with van der Waals surface area (Å²) >= 11 is 0. The first-order valence-electron chi connectivity index (χ1n) is 9.57. The van der Waals surface area contributed by atoms with E-state index < -0.39 is 12.2 Å². The van der Waals surface area contributed by atoms with Gasteiger partial charge in [0, 0.05) is 6.54 Å². The molecule has 28 heavy (non-hydrogen) atoms. The van der Waals surface area contributed by atoms with Crippen molar-refractivity contribution in [2.75, 3.05) is 18.0 Å². The van der Waals surface area contributed by atoms with Gasteiger partial charge in [0.1, 0.15) is 11.5 Å². The molecular formula is C22H26N2O4. The fraction of sp³-hybridized carbons (Fsp3) is 0.364. The second-order valence-corrected chi connectivity index (χ2v) is 6.89. The number of hydrogen-bond donors (Lipinski definition) is 1. The molecule has 0 radical (unpaired) electrons. The molecule has 1 N–H and O–H groups in total. The number of carbonyl (C=O) groups is 2. The minimum Gasteiger partial charge on any atom is -0.481 e. The van der Waals surface area contributed by atoms with Crippen molar-refractivity contribution < 1.29 is 19.1 Å². The van der Waals surface area contributed by atoms with Crippen molar-refractivity contribution >= 4 is 17.5 Å². The van der Waals surface area contributed by atoms with E-state index >= 15 is 0 Å². The number of para-hydroxylation sites is 2. The summed E-state index contributed by atoms with van der Waals surface area (Å²) in [6, 6.07) is 14.8. The third-order valence-corrected chi connectivity index (χ3v) is 4.53. The number of aryl methyl sites for hydroxylation is 1. The number of benzene rings is 2. The summed E-state index contributed by atoms with van der Waals surface area (Å²) in [6.07, 6.45) is -0.622. The van der Waals surface area contributed by atoms with Crippen molar-refractivity contribution in [1.29, 1.82) is 0 Å². The zero-order valence-electron chi connectivity index (χ0n) is 16.5. The number of rotatable bonds is 6. The van der Waals surface area contributed by atoms with Crippen LogP contribution in [0.4, 0.5) is 5.69 Å². The Morgan fingerprint density at radius 1 is 1.25 bits per heavy atom. The molecule has 0 spiro atoms. The van der Waals surface area contributed by atoms with Crippen molar-refractivity contribution in [3.05, 3.63) is 54.1 Å². The van der Waals surface area contributed by atoms with Gasteiger partial charge in [0.25, 0.3) is 11.8 Å². The third kappa shape index (κ3) is 4.44. The van der Waals surface area contributed by atoms with Crippen LogP contribution in [0.3, 0.4) is 0 Å². The molecule has 1 heterocycles. The molecule has 2 atom stereocenters. The summed E-state index contributed by atoms with van der Waals surface area (Å²) in [6.45, 7) is 6.39. The molecule has 3 rings (SSSR count). The molecule has 2 aromatic carbocycles. The monoisotopic (exact) mass is 382 g/mol. The summed E-state index contributed by atoms with van der Waals surface area (Å²) in [5.74, 6) is 0.716. The van der Waals surface area contributed by atoms with E-state index in [2.05, 4.69) is 5.32 Å². The quantitative estimate of drug-likeness (QED) is 0.834. The second kappa shape index (κ2) is 8.78. The highest BCUT2D eigenvalue weighted by molar-refractivity contribution is 5.99. The van der Waals surface area contributed by atoms with Gasteiger partial charge in [-0.05, 0) is 50.1 Å². The molecule has 0 saturated carbocycles. The van der Waals surface area contributed by atoms with Crippen molar-refractivity contribution in [2.24, 2.45) is 0 Å². The van der Waals surface area contributed by atoms with Gasteiger partial charge in [-0.25, -0.2) is 0 Å². The van der Waals surface area contributed by atoms with E-state index in [0.717, 1.165) is 12.0 Å². The number of fused-ring (bicyclic) bond motifs is 1. The Kier molecular flexibility index (Phi) is 6.19. The lowest BCUT2D eigenvalue weighted by Gasteiger charge is -2.35. The van der Waals surface area contributed by atoms with Crippen LogP contribution in [0.2, 0.25) is 0 Å². The van der Waals surface area contributed by atoms with Crippen molar-refractivity contribution in [3.63, 3.8) is 0 Å². The first kappa shape index (κ1) is 19.7. The number of carbonyl (C=O) groups excluding carboxylic acids is 2. The minimum absolute atomic E-state index is 0.146. The summed E-state index contributed by atoms with van der Waals surface area (Å²) in [7, 11) is 0. The molecule has 0 fully saturated rings. The number of amides is 2. The topological polar surface area (TPSA) is 67.9 Å². The number of nitrogens with zero attached hydrogens (tertiary/aromatic N) is 1. The van der Waals surface area contributed by atoms with Crippen molar-refractivity contribution in [2.45, 2.75) is 39.4 Å². The van der Waals surface area contributed by atoms with Gasteiger partial charge in [-0.2, -0.15) is 0 Å². The van der Waals surface area contributed by atoms with Crippen LogP contribution in [-0.2, 0) is 9.59 Å². The summed E-state index contributed by atoms with van der Waals surface area (Å²) in [5.41, 5.74) is 1.70. The molecule has 0 saturated heterocycles. The van der Waals surface area contributed by atoms with Crippen LogP contribution in [0.15, 0.2) is 48.5 Å². The highest BCUT2D eigenvalue weighted by Crippen LogP contribution is 2.34. The fourth-order valence-electron chi connectivity index (χ4n) is 3.10. The lowest BCUT2D eigenvalue weighted by molar-refractivity contribution is -0.129. The predicted molar refractivity (Wildman–Crippen MR) is 108 cm³/mol. The molecule has 1 aliphatic rings. The van der Waals surface area contributed by atoms with Crippen LogP contribution >= 0.6 is 0 Å². The minimum atomic E-state index is -0.753. The number of anilines is 1. The van der Waals surface area contributed by atoms with Gasteiger partial charge in [0.2, 0.25) is 0 Å². The average molecular weight is 382 g/mol. The van der Waals surface area contributed by atoms with Gasteiger partial charge in [-0.3, -0.25) is 9.59 Å². The van der Waals surface area contributed by atoms with Crippen LogP contribution < -0.4 is 19.7 Å². The summed E-state index contributed by atoms with van der Waals surface area (Å²) in [5, 5.41) is 2.83. The maximum Gasteiger partial charge on any atom is 0.268 e. The smallest absolute Gasteiger partial charge is 0.268 e. The maximum atomic E-state index is 13.1. The van der Waals surface area contributed by atoms with Gasteiger partial charge in [0.15, 0.2) is 12.2 Å². The summed E-state index contributed by atoms with van der Waals surface area (Å²) in [4.78, 5) is 27.2. The lowest BCUT2D eigenvalue weighted by atomic mass is 10.1. The van der Waals surface area contributed by atoms with Gasteiger partial charge in [-0.1, -0.05) is 31.2 Å². The Morgan fingerprint density at radius 2 is 2.04 bits per heavy atom. The van der Waals surface area contributed by atoms with E-state index in [1.165, 1.54) is 0 Å². The first-order valence-corrected chi connectivity index (χ1v) is 9.57. The van der Waals surface area contributed by atoms with Crippen LogP contribution in [0.25, 0.3) is 0 Å². The highest BCUT2D eigenvalue weighted by Gasteiger charge is 2.35. The SMILES string of the molecule is CCCNC(=O)[C@H]1CN(C(=O)[C@H](C)Oc2cccc(C)c2)c2ccccc2O1. The number of nitrogens with one attached hydrogen (secondary N) is 1. The largest absolute Gasteiger partial charge is 0.481 e. The van der Waals surface area contributed by atoms with E-state index in [4.69, 9.17) is 9.47 Å². The first-order chi connectivity index (χ1) is 13.5. The van der Waals surface area contributed by atoms with E-state index in [9.17, 15) is 9.59 Å². The van der Waals surface area contributed by atoms with Crippen LogP contribution in [-0.4, -0.2) is 37.1 Å². The van der Waals surface area contributed by atoms with Crippen LogP contribution in [0.1, 0.15) is 25.8 Å². The Bertz CT molecular complexity index is 852. The molecule has 0 bridgehead atoms. The molecule has 6 heteroatoms. The zero-order chi connectivity index (χ0) is 20.1. The van der Waals surface area contributed by atoms with E-state index in [0.29, 0.717) is 23.7 Å². The van der Waals surface area contributed by atoms with Crippen LogP contribution in [0.5, 0.6) is 11.5 Å². The second-order valence-electron chi connectivity index (χ2n) is 6.89. The number of ether oxygens (including phenoxy) is 2. The molecule has 6 nitrogen and oxygen atoms in total. The highest BCUT2D eigenvalue weighted by atomic mass is 16.5. The molecule has 0 unspecified atom stereocenters. The van der Waals surface area contributed by atoms with Gasteiger partial charge >= 0.3 is 0 Å². The van der Waals surface area contributed by atoms with E-state index in [-0.39, 0.29) is 18.4 Å². The lowest BCUT2D eigenvalue weighted by Crippen LogP contribution is -2.53. The molecule has 0 aromatic heterocycles. The fourth-order valence-corrected chi connectivity index (χ4v) is 3.10. The standard InChI is InChI=1S/C22H26N2O4/c1-4-12-23-21(25)20-14-24(18-10-5-6-11-19(18)28-20)22(26)16(3)27-17-9-7-8-15(2)13-17/h5-11,13,16,20H,4,12,14H2,1-3H3,(H,23,25)/t16-,20+/m0/s1. The third-order valence-electron chi connectivity index (χ3n) is 4.53. The molecule has 1 aliphatic heterocycles. The van der Waals surface area contributed by atoms with Gasteiger partial charge in [-0.15, -0.1) is 0 Å². The Labute approximate surface area is 165 Å². The molecular weight excluding hydrogens is 356 g/mol. The molecule has 2 amide bonds. The van der Waals surface area contributed by atoms with E-state index in [1.54, 1.807) is 17.9 Å². The van der Waals surface area contributed by atoms with E-state index in [1.807, 2.05) is 56.3 Å². The Hall–Kier alpha value is -3.02. The average Bonchev–Trinajstić information content (AvgIpc) is 2.70. The number of hydrogen-bond acceptors (Lipinski definition) is 4. The summed E-state index contributed by atoms with van der Waals surface area (Å²) < 4.78 is 11.7. The van der Waals surface area contributed by atoms with Crippen molar-refractivity contribution in [3.8, 4) is 11.5 Å². The Balaban J connectivity index is 1.79. The maximum absolute atomic E-state index is 13.1. The Morgan fingerprint density at radius 3 is 2.79 bits per heavy atom. The molecule has 148 valence electrons. The van der Waals surface area contributed by atoms with Crippen LogP contribution in [0, 0.1) is 6.92 Å². The normalized spacial score (nSPS) is 16.5. The molecule has 0 aliphatic carbocycles. The van der Waals surface area contributed by atoms with Gasteiger partial charge < -0.3 is 19.7 Å². The van der Waals surface area contributed by atoms with Crippen molar-refractivity contribution in [1.82, 2.24) is 5.32 Å². The predicted octanol–water partition coefficient (Wildman–Crippen LogP) is 3.08. The molecule has 2 aromatic rings. The van der Waals surface area contributed by atoms with Gasteiger partial charge in [0.05, 0.1) is 12.2 Å². The zero-order valence-corrected chi connectivity index (χ0v) is 16.5.